The number of benzene rings is 1. The lowest BCUT2D eigenvalue weighted by Crippen LogP contribution is -2.58. The molecule has 1 saturated heterocycles. The predicted molar refractivity (Wildman–Crippen MR) is 86.1 cm³/mol. The van der Waals surface area contributed by atoms with Gasteiger partial charge in [-0.3, -0.25) is 4.79 Å². The van der Waals surface area contributed by atoms with Crippen LogP contribution in [0.5, 0.6) is 0 Å². The van der Waals surface area contributed by atoms with Crippen molar-refractivity contribution in [1.29, 1.82) is 0 Å². The number of carbonyl (C=O) groups is 1. The lowest BCUT2D eigenvalue weighted by atomic mass is 9.89. The number of amides is 1. The lowest BCUT2D eigenvalue weighted by molar-refractivity contribution is -0.128. The van der Waals surface area contributed by atoms with Crippen molar-refractivity contribution in [3.8, 4) is 0 Å². The van der Waals surface area contributed by atoms with Gasteiger partial charge in [-0.2, -0.15) is 0 Å². The zero-order valence-corrected chi connectivity index (χ0v) is 13.4. The number of likely N-dealkylation sites (N-methyl/N-ethyl adjacent to an activating group) is 1. The lowest BCUT2D eigenvalue weighted by Gasteiger charge is -2.35. The van der Waals surface area contributed by atoms with Crippen molar-refractivity contribution in [3.63, 3.8) is 0 Å². The molecule has 2 unspecified atom stereocenters. The average Bonchev–Trinajstić information content (AvgIpc) is 2.47. The number of carbonyl (C=O) groups excluding carboxylic acids is 1. The number of hydrogen-bond donors (Lipinski definition) is 2. The zero-order valence-electron chi connectivity index (χ0n) is 13.4. The van der Waals surface area contributed by atoms with E-state index in [1.54, 1.807) is 0 Å². The van der Waals surface area contributed by atoms with Crippen molar-refractivity contribution in [3.05, 3.63) is 35.9 Å². The summed E-state index contributed by atoms with van der Waals surface area (Å²) in [6, 6.07) is 10.2. The van der Waals surface area contributed by atoms with E-state index in [0.717, 1.165) is 37.9 Å². The molecule has 116 valence electrons. The van der Waals surface area contributed by atoms with E-state index in [9.17, 15) is 4.79 Å². The fourth-order valence-electron chi connectivity index (χ4n) is 2.85. The van der Waals surface area contributed by atoms with Crippen LogP contribution in [-0.4, -0.2) is 43.5 Å². The second-order valence-corrected chi connectivity index (χ2v) is 6.41. The Bertz CT molecular complexity index is 452. The summed E-state index contributed by atoms with van der Waals surface area (Å²) in [5.74, 6) is 0.109. The van der Waals surface area contributed by atoms with Crippen molar-refractivity contribution in [2.45, 2.75) is 37.8 Å². The summed E-state index contributed by atoms with van der Waals surface area (Å²) in [6.07, 6.45) is 3.17. The fraction of sp³-hybridized carbons (Fsp3) is 0.588. The van der Waals surface area contributed by atoms with Gasteiger partial charge >= 0.3 is 0 Å². The van der Waals surface area contributed by atoms with Crippen LogP contribution in [0.3, 0.4) is 0 Å². The van der Waals surface area contributed by atoms with Gasteiger partial charge < -0.3 is 15.5 Å². The maximum Gasteiger partial charge on any atom is 0.240 e. The molecule has 0 aliphatic carbocycles. The third-order valence-electron chi connectivity index (χ3n) is 4.17. The van der Waals surface area contributed by atoms with Crippen molar-refractivity contribution in [1.82, 2.24) is 15.5 Å². The Labute approximate surface area is 127 Å². The molecule has 2 rings (SSSR count). The molecule has 0 bridgehead atoms. The first-order valence-electron chi connectivity index (χ1n) is 7.77. The molecule has 1 aliphatic rings. The molecule has 1 aromatic carbocycles. The highest BCUT2D eigenvalue weighted by atomic mass is 16.2. The van der Waals surface area contributed by atoms with E-state index in [0.29, 0.717) is 0 Å². The van der Waals surface area contributed by atoms with Gasteiger partial charge in [0.1, 0.15) is 0 Å². The minimum atomic E-state index is -0.433. The first-order valence-corrected chi connectivity index (χ1v) is 7.77. The Morgan fingerprint density at radius 1 is 1.33 bits per heavy atom. The quantitative estimate of drug-likeness (QED) is 0.870. The molecule has 1 aromatic rings. The van der Waals surface area contributed by atoms with E-state index < -0.39 is 5.54 Å². The highest BCUT2D eigenvalue weighted by molar-refractivity contribution is 5.86. The summed E-state index contributed by atoms with van der Waals surface area (Å²) in [6.45, 7) is 3.73. The number of rotatable bonds is 5. The topological polar surface area (TPSA) is 44.4 Å². The van der Waals surface area contributed by atoms with Crippen LogP contribution in [0.1, 0.15) is 37.8 Å². The molecule has 21 heavy (non-hydrogen) atoms. The van der Waals surface area contributed by atoms with Gasteiger partial charge in [0.25, 0.3) is 0 Å². The monoisotopic (exact) mass is 289 g/mol. The first kappa shape index (κ1) is 16.0. The van der Waals surface area contributed by atoms with E-state index in [-0.39, 0.29) is 11.9 Å². The van der Waals surface area contributed by atoms with Crippen LogP contribution in [-0.2, 0) is 4.79 Å². The number of piperidine rings is 1. The molecule has 1 fully saturated rings. The molecule has 0 saturated carbocycles. The summed E-state index contributed by atoms with van der Waals surface area (Å²) in [7, 11) is 4.06. The molecular formula is C17H27N3O. The molecule has 1 aliphatic heterocycles. The van der Waals surface area contributed by atoms with Crippen LogP contribution in [0.15, 0.2) is 30.3 Å². The summed E-state index contributed by atoms with van der Waals surface area (Å²) < 4.78 is 0. The Morgan fingerprint density at radius 2 is 2.05 bits per heavy atom. The van der Waals surface area contributed by atoms with E-state index >= 15 is 0 Å². The van der Waals surface area contributed by atoms with Crippen molar-refractivity contribution >= 4 is 5.91 Å². The van der Waals surface area contributed by atoms with Crippen LogP contribution in [0.25, 0.3) is 0 Å². The Balaban J connectivity index is 2.09. The molecule has 0 radical (unpaired) electrons. The van der Waals surface area contributed by atoms with Crippen molar-refractivity contribution in [2.24, 2.45) is 0 Å². The normalized spacial score (nSPS) is 23.8. The molecule has 1 heterocycles. The second-order valence-electron chi connectivity index (χ2n) is 6.41. The molecule has 0 aromatic heterocycles. The maximum atomic E-state index is 12.7. The summed E-state index contributed by atoms with van der Waals surface area (Å²) in [5.41, 5.74) is 0.719. The average molecular weight is 289 g/mol. The first-order chi connectivity index (χ1) is 10.0. The fourth-order valence-corrected chi connectivity index (χ4v) is 2.85. The van der Waals surface area contributed by atoms with Gasteiger partial charge in [-0.25, -0.2) is 0 Å². The van der Waals surface area contributed by atoms with Gasteiger partial charge in [-0.1, -0.05) is 30.3 Å². The summed E-state index contributed by atoms with van der Waals surface area (Å²) in [5, 5.41) is 6.61. The minimum Gasteiger partial charge on any atom is -0.346 e. The molecule has 2 atom stereocenters. The minimum absolute atomic E-state index is 0.0225. The number of hydrogen-bond acceptors (Lipinski definition) is 3. The smallest absolute Gasteiger partial charge is 0.240 e. The third kappa shape index (κ3) is 4.29. The third-order valence-corrected chi connectivity index (χ3v) is 4.17. The largest absolute Gasteiger partial charge is 0.346 e. The molecular weight excluding hydrogens is 262 g/mol. The standard InChI is InChI=1S/C17H27N3O/c1-17(11-7-8-12-18-17)16(21)19-15(13-20(2)3)14-9-5-4-6-10-14/h4-6,9-10,15,18H,7-8,11-13H2,1-3H3,(H,19,21). The van der Waals surface area contributed by atoms with Gasteiger partial charge in [-0.05, 0) is 52.4 Å². The van der Waals surface area contributed by atoms with Gasteiger partial charge in [-0.15, -0.1) is 0 Å². The van der Waals surface area contributed by atoms with Crippen LogP contribution in [0, 0.1) is 0 Å². The van der Waals surface area contributed by atoms with Gasteiger partial charge in [0.2, 0.25) is 5.91 Å². The molecule has 4 nitrogen and oxygen atoms in total. The SMILES string of the molecule is CN(C)CC(NC(=O)C1(C)CCCCN1)c1ccccc1. The van der Waals surface area contributed by atoms with Crippen molar-refractivity contribution in [2.75, 3.05) is 27.2 Å². The van der Waals surface area contributed by atoms with E-state index in [1.807, 2.05) is 39.2 Å². The number of nitrogens with zero attached hydrogens (tertiary/aromatic N) is 1. The zero-order chi connectivity index (χ0) is 15.3. The van der Waals surface area contributed by atoms with E-state index in [2.05, 4.69) is 27.7 Å². The van der Waals surface area contributed by atoms with Crippen molar-refractivity contribution < 1.29 is 4.79 Å². The second kappa shape index (κ2) is 7.05. The molecule has 0 spiro atoms. The van der Waals surface area contributed by atoms with E-state index in [1.165, 1.54) is 0 Å². The van der Waals surface area contributed by atoms with E-state index in [4.69, 9.17) is 0 Å². The van der Waals surface area contributed by atoms with Crippen LogP contribution in [0.4, 0.5) is 0 Å². The van der Waals surface area contributed by atoms with Crippen LogP contribution >= 0.6 is 0 Å². The highest BCUT2D eigenvalue weighted by Gasteiger charge is 2.35. The summed E-state index contributed by atoms with van der Waals surface area (Å²) >= 11 is 0. The Hall–Kier alpha value is -1.39. The summed E-state index contributed by atoms with van der Waals surface area (Å²) in [4.78, 5) is 14.8. The predicted octanol–water partition coefficient (Wildman–Crippen LogP) is 1.94. The molecule has 2 N–H and O–H groups in total. The molecule has 1 amide bonds. The maximum absolute atomic E-state index is 12.7. The van der Waals surface area contributed by atoms with Gasteiger partial charge in [0, 0.05) is 6.54 Å². The Morgan fingerprint density at radius 3 is 2.62 bits per heavy atom. The van der Waals surface area contributed by atoms with Gasteiger partial charge in [0.15, 0.2) is 0 Å². The van der Waals surface area contributed by atoms with Gasteiger partial charge in [0.05, 0.1) is 11.6 Å². The molecule has 4 heteroatoms. The highest BCUT2D eigenvalue weighted by Crippen LogP contribution is 2.21. The van der Waals surface area contributed by atoms with Crippen LogP contribution in [0.2, 0.25) is 0 Å². The van der Waals surface area contributed by atoms with Crippen LogP contribution < -0.4 is 10.6 Å². The number of nitrogens with one attached hydrogen (secondary N) is 2. The Kier molecular flexibility index (Phi) is 5.37.